The minimum absolute atomic E-state index is 0.109. The Bertz CT molecular complexity index is 515. The smallest absolute Gasteiger partial charge is 0.151 e. The monoisotopic (exact) mass is 295 g/mol. The molecule has 1 saturated heterocycles. The van der Waals surface area contributed by atoms with Crippen molar-refractivity contribution in [1.29, 1.82) is 0 Å². The van der Waals surface area contributed by atoms with E-state index in [1.54, 1.807) is 0 Å². The van der Waals surface area contributed by atoms with Crippen molar-refractivity contribution in [1.82, 2.24) is 4.90 Å². The van der Waals surface area contributed by atoms with Crippen LogP contribution in [0.1, 0.15) is 33.1 Å². The van der Waals surface area contributed by atoms with E-state index in [1.807, 2.05) is 0 Å². The van der Waals surface area contributed by atoms with Gasteiger partial charge in [-0.25, -0.2) is 8.42 Å². The third-order valence-corrected chi connectivity index (χ3v) is 6.56. The summed E-state index contributed by atoms with van der Waals surface area (Å²) >= 11 is 0. The maximum Gasteiger partial charge on any atom is 0.151 e. The average molecular weight is 295 g/mol. The number of hydrogen-bond acceptors (Lipinski definition) is 3. The first-order chi connectivity index (χ1) is 9.43. The fraction of sp³-hybridized carbons (Fsp3) is 0.750. The van der Waals surface area contributed by atoms with Crippen molar-refractivity contribution < 1.29 is 8.42 Å². The summed E-state index contributed by atoms with van der Waals surface area (Å²) in [5, 5.41) is 0. The maximum atomic E-state index is 11.7. The number of hydrogen-bond donors (Lipinski definition) is 0. The first-order valence-electron chi connectivity index (χ1n) is 7.47. The van der Waals surface area contributed by atoms with E-state index in [2.05, 4.69) is 30.7 Å². The number of rotatable bonds is 4. The topological polar surface area (TPSA) is 37.4 Å². The van der Waals surface area contributed by atoms with Crippen molar-refractivity contribution >= 4 is 9.84 Å². The Hall–Kier alpha value is -0.790. The lowest BCUT2D eigenvalue weighted by Crippen LogP contribution is -2.42. The van der Waals surface area contributed by atoms with Crippen molar-refractivity contribution in [2.75, 3.05) is 24.6 Å². The van der Waals surface area contributed by atoms with Gasteiger partial charge in [-0.2, -0.15) is 0 Å². The Morgan fingerprint density at radius 2 is 2.20 bits per heavy atom. The Labute approximate surface area is 123 Å². The Morgan fingerprint density at radius 3 is 2.75 bits per heavy atom. The zero-order valence-corrected chi connectivity index (χ0v) is 13.3. The molecule has 0 amide bonds. The van der Waals surface area contributed by atoms with Crippen LogP contribution in [0.25, 0.3) is 0 Å². The number of allylic oxidation sites excluding steroid dienone is 1. The average Bonchev–Trinajstić information content (AvgIpc) is 2.73. The molecular weight excluding hydrogens is 270 g/mol. The van der Waals surface area contributed by atoms with Gasteiger partial charge in [0.05, 0.1) is 18.1 Å². The van der Waals surface area contributed by atoms with E-state index in [0.717, 1.165) is 19.4 Å². The predicted octanol–water partition coefficient (Wildman–Crippen LogP) is 2.10. The van der Waals surface area contributed by atoms with E-state index in [4.69, 9.17) is 6.42 Å². The van der Waals surface area contributed by atoms with Crippen molar-refractivity contribution in [3.05, 3.63) is 11.6 Å². The molecule has 1 heterocycles. The Balaban J connectivity index is 2.08. The minimum Gasteiger partial charge on any atom is -0.288 e. The van der Waals surface area contributed by atoms with Gasteiger partial charge in [0, 0.05) is 12.6 Å². The normalized spacial score (nSPS) is 32.9. The molecule has 0 aromatic rings. The summed E-state index contributed by atoms with van der Waals surface area (Å²) in [5.41, 5.74) is 1.44. The standard InChI is InChI=1S/C16H25NO2S/c1-4-9-17(15-8-10-20(18,19)12-15)11-16-13(2)6-5-7-14(16)3/h1,6,14-16H,5,7-12H2,2-3H3/t14-,15+,16-/m1/s1. The van der Waals surface area contributed by atoms with E-state index in [-0.39, 0.29) is 11.8 Å². The van der Waals surface area contributed by atoms with E-state index >= 15 is 0 Å². The van der Waals surface area contributed by atoms with Crippen molar-refractivity contribution in [3.63, 3.8) is 0 Å². The summed E-state index contributed by atoms with van der Waals surface area (Å²) < 4.78 is 23.4. The van der Waals surface area contributed by atoms with Gasteiger partial charge in [-0.1, -0.05) is 24.5 Å². The Kier molecular flexibility index (Phi) is 4.93. The molecule has 0 spiro atoms. The molecule has 20 heavy (non-hydrogen) atoms. The second-order valence-electron chi connectivity index (χ2n) is 6.30. The van der Waals surface area contributed by atoms with Gasteiger partial charge >= 0.3 is 0 Å². The molecule has 0 N–H and O–H groups in total. The fourth-order valence-corrected chi connectivity index (χ4v) is 5.24. The van der Waals surface area contributed by atoms with E-state index < -0.39 is 9.84 Å². The maximum absolute atomic E-state index is 11.7. The van der Waals surface area contributed by atoms with Gasteiger partial charge in [-0.3, -0.25) is 4.90 Å². The molecule has 2 aliphatic rings. The highest BCUT2D eigenvalue weighted by Gasteiger charge is 2.34. The molecule has 0 unspecified atom stereocenters. The van der Waals surface area contributed by atoms with Crippen LogP contribution in [0.4, 0.5) is 0 Å². The van der Waals surface area contributed by atoms with Gasteiger partial charge in [-0.15, -0.1) is 6.42 Å². The van der Waals surface area contributed by atoms with Crippen LogP contribution in [0.5, 0.6) is 0 Å². The molecule has 0 radical (unpaired) electrons. The van der Waals surface area contributed by atoms with Crippen molar-refractivity contribution in [3.8, 4) is 12.3 Å². The lowest BCUT2D eigenvalue weighted by atomic mass is 9.79. The molecule has 1 fully saturated rings. The fourth-order valence-electron chi connectivity index (χ4n) is 3.48. The van der Waals surface area contributed by atoms with Crippen LogP contribution >= 0.6 is 0 Å². The molecule has 112 valence electrons. The second kappa shape index (κ2) is 6.32. The molecular formula is C16H25NO2S. The zero-order valence-electron chi connectivity index (χ0n) is 12.5. The molecule has 0 saturated carbocycles. The third kappa shape index (κ3) is 3.65. The molecule has 1 aliphatic heterocycles. The molecule has 3 atom stereocenters. The van der Waals surface area contributed by atoms with Gasteiger partial charge in [0.15, 0.2) is 9.84 Å². The van der Waals surface area contributed by atoms with Crippen LogP contribution in [-0.2, 0) is 9.84 Å². The highest BCUT2D eigenvalue weighted by Crippen LogP contribution is 2.32. The zero-order chi connectivity index (χ0) is 14.8. The summed E-state index contributed by atoms with van der Waals surface area (Å²) in [6.07, 6.45) is 10.9. The van der Waals surface area contributed by atoms with Crippen LogP contribution < -0.4 is 0 Å². The minimum atomic E-state index is -2.85. The number of nitrogens with zero attached hydrogens (tertiary/aromatic N) is 1. The SMILES string of the molecule is C#CCN(C[C@@H]1C(C)=CCC[C@H]1C)[C@H]1CCS(=O)(=O)C1. The summed E-state index contributed by atoms with van der Waals surface area (Å²) in [4.78, 5) is 2.22. The van der Waals surface area contributed by atoms with Gasteiger partial charge < -0.3 is 0 Å². The molecule has 2 rings (SSSR count). The molecule has 3 nitrogen and oxygen atoms in total. The molecule has 0 aromatic heterocycles. The Morgan fingerprint density at radius 1 is 1.45 bits per heavy atom. The van der Waals surface area contributed by atoms with Gasteiger partial charge in [0.25, 0.3) is 0 Å². The number of terminal acetylenes is 1. The first-order valence-corrected chi connectivity index (χ1v) is 9.29. The largest absolute Gasteiger partial charge is 0.288 e. The van der Waals surface area contributed by atoms with Gasteiger partial charge in [0.2, 0.25) is 0 Å². The van der Waals surface area contributed by atoms with E-state index in [1.165, 1.54) is 12.0 Å². The molecule has 4 heteroatoms. The summed E-state index contributed by atoms with van der Waals surface area (Å²) in [5.74, 6) is 4.46. The van der Waals surface area contributed by atoms with Crippen LogP contribution in [0.2, 0.25) is 0 Å². The lowest BCUT2D eigenvalue weighted by molar-refractivity contribution is 0.182. The van der Waals surface area contributed by atoms with Crippen molar-refractivity contribution in [2.24, 2.45) is 11.8 Å². The first kappa shape index (κ1) is 15.6. The number of sulfone groups is 1. The highest BCUT2D eigenvalue weighted by atomic mass is 32.2. The van der Waals surface area contributed by atoms with Crippen LogP contribution in [0, 0.1) is 24.2 Å². The molecule has 0 bridgehead atoms. The third-order valence-electron chi connectivity index (χ3n) is 4.81. The van der Waals surface area contributed by atoms with Crippen molar-refractivity contribution in [2.45, 2.75) is 39.2 Å². The lowest BCUT2D eigenvalue weighted by Gasteiger charge is -2.35. The predicted molar refractivity (Wildman–Crippen MR) is 83.1 cm³/mol. The summed E-state index contributed by atoms with van der Waals surface area (Å²) in [6, 6.07) is 0.109. The van der Waals surface area contributed by atoms with Crippen LogP contribution in [0.3, 0.4) is 0 Å². The van der Waals surface area contributed by atoms with Gasteiger partial charge in [-0.05, 0) is 38.0 Å². The molecule has 1 aliphatic carbocycles. The quantitative estimate of drug-likeness (QED) is 0.589. The second-order valence-corrected chi connectivity index (χ2v) is 8.53. The van der Waals surface area contributed by atoms with E-state index in [9.17, 15) is 8.42 Å². The summed E-state index contributed by atoms with van der Waals surface area (Å²) in [7, 11) is -2.85. The van der Waals surface area contributed by atoms with Gasteiger partial charge in [0.1, 0.15) is 0 Å². The highest BCUT2D eigenvalue weighted by molar-refractivity contribution is 7.91. The summed E-state index contributed by atoms with van der Waals surface area (Å²) in [6.45, 7) is 5.94. The van der Waals surface area contributed by atoms with E-state index in [0.29, 0.717) is 24.1 Å². The van der Waals surface area contributed by atoms with Crippen LogP contribution in [0.15, 0.2) is 11.6 Å². The van der Waals surface area contributed by atoms with Crippen LogP contribution in [-0.4, -0.2) is 44.0 Å². The molecule has 0 aromatic carbocycles.